The van der Waals surface area contributed by atoms with E-state index in [9.17, 15) is 9.59 Å². The number of aryl methyl sites for hydroxylation is 2. The van der Waals surface area contributed by atoms with Crippen molar-refractivity contribution in [3.63, 3.8) is 0 Å². The Hall–Kier alpha value is -1.56. The quantitative estimate of drug-likeness (QED) is 0.804. The Morgan fingerprint density at radius 1 is 1.47 bits per heavy atom. The lowest BCUT2D eigenvalue weighted by Gasteiger charge is -2.13. The second-order valence-electron chi connectivity index (χ2n) is 3.61. The van der Waals surface area contributed by atoms with Gasteiger partial charge in [-0.15, -0.1) is 11.6 Å². The molecule has 1 aromatic heterocycles. The van der Waals surface area contributed by atoms with Gasteiger partial charge in [-0.05, 0) is 20.8 Å². The van der Waals surface area contributed by atoms with Crippen LogP contribution in [-0.4, -0.2) is 23.0 Å². The molecule has 0 radical (unpaired) electrons. The van der Waals surface area contributed by atoms with Crippen molar-refractivity contribution in [1.82, 2.24) is 15.8 Å². The lowest BCUT2D eigenvalue weighted by Crippen LogP contribution is -2.41. The SMILES string of the molecule is Cc1noc(C)c1C(C)NC(=O)NC(=O)CCl. The summed E-state index contributed by atoms with van der Waals surface area (Å²) < 4.78 is 4.99. The Morgan fingerprint density at radius 3 is 2.59 bits per heavy atom. The summed E-state index contributed by atoms with van der Waals surface area (Å²) in [7, 11) is 0. The third-order valence-corrected chi connectivity index (χ3v) is 2.49. The number of imide groups is 1. The summed E-state index contributed by atoms with van der Waals surface area (Å²) >= 11 is 5.27. The van der Waals surface area contributed by atoms with Crippen molar-refractivity contribution >= 4 is 23.5 Å². The van der Waals surface area contributed by atoms with Crippen LogP contribution in [-0.2, 0) is 4.79 Å². The van der Waals surface area contributed by atoms with E-state index in [1.807, 2.05) is 0 Å². The number of hydrogen-bond acceptors (Lipinski definition) is 4. The summed E-state index contributed by atoms with van der Waals surface area (Å²) in [5, 5.41) is 8.48. The molecule has 2 N–H and O–H groups in total. The van der Waals surface area contributed by atoms with E-state index in [1.54, 1.807) is 20.8 Å². The largest absolute Gasteiger partial charge is 0.361 e. The first-order chi connectivity index (χ1) is 7.95. The van der Waals surface area contributed by atoms with Crippen molar-refractivity contribution < 1.29 is 14.1 Å². The third kappa shape index (κ3) is 3.45. The lowest BCUT2D eigenvalue weighted by atomic mass is 10.1. The van der Waals surface area contributed by atoms with Crippen molar-refractivity contribution in [2.24, 2.45) is 0 Å². The molecule has 0 aliphatic rings. The molecule has 0 saturated carbocycles. The summed E-state index contributed by atoms with van der Waals surface area (Å²) in [4.78, 5) is 22.3. The Kier molecular flexibility index (Phi) is 4.51. The average Bonchev–Trinajstić information content (AvgIpc) is 2.57. The molecule has 7 heteroatoms. The lowest BCUT2D eigenvalue weighted by molar-refractivity contribution is -0.117. The van der Waals surface area contributed by atoms with Crippen LogP contribution in [0.3, 0.4) is 0 Å². The number of carbonyl (C=O) groups excluding carboxylic acids is 2. The molecule has 1 atom stereocenters. The van der Waals surface area contributed by atoms with Gasteiger partial charge >= 0.3 is 6.03 Å². The van der Waals surface area contributed by atoms with Crippen molar-refractivity contribution in [3.8, 4) is 0 Å². The second kappa shape index (κ2) is 5.67. The zero-order valence-electron chi connectivity index (χ0n) is 9.83. The van der Waals surface area contributed by atoms with E-state index in [2.05, 4.69) is 15.8 Å². The molecular weight excluding hydrogens is 246 g/mol. The number of rotatable bonds is 3. The molecule has 0 bridgehead atoms. The predicted molar refractivity (Wildman–Crippen MR) is 61.8 cm³/mol. The van der Waals surface area contributed by atoms with E-state index >= 15 is 0 Å². The van der Waals surface area contributed by atoms with Crippen LogP contribution in [0.4, 0.5) is 4.79 Å². The van der Waals surface area contributed by atoms with Gasteiger partial charge in [0.15, 0.2) is 0 Å². The molecule has 0 saturated heterocycles. The number of carbonyl (C=O) groups is 2. The Balaban J connectivity index is 2.64. The normalized spacial score (nSPS) is 12.0. The highest BCUT2D eigenvalue weighted by Crippen LogP contribution is 2.20. The Labute approximate surface area is 104 Å². The van der Waals surface area contributed by atoms with Gasteiger partial charge in [-0.2, -0.15) is 0 Å². The highest BCUT2D eigenvalue weighted by Gasteiger charge is 2.18. The number of alkyl halides is 1. The highest BCUT2D eigenvalue weighted by atomic mass is 35.5. The van der Waals surface area contributed by atoms with Crippen LogP contribution in [0.25, 0.3) is 0 Å². The fraction of sp³-hybridized carbons (Fsp3) is 0.500. The smallest absolute Gasteiger partial charge is 0.321 e. The maximum atomic E-state index is 11.4. The minimum absolute atomic E-state index is 0.257. The van der Waals surface area contributed by atoms with Gasteiger partial charge in [-0.25, -0.2) is 4.79 Å². The van der Waals surface area contributed by atoms with Gasteiger partial charge < -0.3 is 9.84 Å². The first kappa shape index (κ1) is 13.5. The molecule has 0 aliphatic heterocycles. The molecule has 0 spiro atoms. The van der Waals surface area contributed by atoms with Crippen LogP contribution in [0, 0.1) is 13.8 Å². The van der Waals surface area contributed by atoms with Crippen molar-refractivity contribution in [1.29, 1.82) is 0 Å². The van der Waals surface area contributed by atoms with E-state index in [0.717, 1.165) is 5.56 Å². The topological polar surface area (TPSA) is 84.2 Å². The van der Waals surface area contributed by atoms with Crippen LogP contribution >= 0.6 is 11.6 Å². The second-order valence-corrected chi connectivity index (χ2v) is 3.88. The molecular formula is C10H14ClN3O3. The van der Waals surface area contributed by atoms with Crippen LogP contribution in [0.1, 0.15) is 30.0 Å². The van der Waals surface area contributed by atoms with Crippen LogP contribution in [0.15, 0.2) is 4.52 Å². The van der Waals surface area contributed by atoms with Crippen molar-refractivity contribution in [2.45, 2.75) is 26.8 Å². The average molecular weight is 260 g/mol. The maximum Gasteiger partial charge on any atom is 0.321 e. The molecule has 1 rings (SSSR count). The molecule has 1 aromatic rings. The molecule has 0 aliphatic carbocycles. The van der Waals surface area contributed by atoms with Gasteiger partial charge in [-0.1, -0.05) is 5.16 Å². The zero-order chi connectivity index (χ0) is 13.0. The van der Waals surface area contributed by atoms with Crippen molar-refractivity contribution in [2.75, 3.05) is 5.88 Å². The van der Waals surface area contributed by atoms with Crippen LogP contribution < -0.4 is 10.6 Å². The zero-order valence-corrected chi connectivity index (χ0v) is 10.6. The monoisotopic (exact) mass is 259 g/mol. The molecule has 0 fully saturated rings. The molecule has 6 nitrogen and oxygen atoms in total. The summed E-state index contributed by atoms with van der Waals surface area (Å²) in [6.07, 6.45) is 0. The van der Waals surface area contributed by atoms with E-state index in [1.165, 1.54) is 0 Å². The molecule has 17 heavy (non-hydrogen) atoms. The number of nitrogens with zero attached hydrogens (tertiary/aromatic N) is 1. The molecule has 1 unspecified atom stereocenters. The Morgan fingerprint density at radius 2 is 2.12 bits per heavy atom. The van der Waals surface area contributed by atoms with E-state index in [4.69, 9.17) is 16.1 Å². The van der Waals surface area contributed by atoms with E-state index in [-0.39, 0.29) is 11.9 Å². The number of halogens is 1. The standard InChI is InChI=1S/C10H14ClN3O3/c1-5(9-6(2)14-17-7(9)3)12-10(16)13-8(15)4-11/h5H,4H2,1-3H3,(H2,12,13,15,16). The van der Waals surface area contributed by atoms with Gasteiger partial charge in [0.1, 0.15) is 11.6 Å². The molecule has 94 valence electrons. The van der Waals surface area contributed by atoms with Gasteiger partial charge in [0.25, 0.3) is 0 Å². The number of aromatic nitrogens is 1. The minimum atomic E-state index is -0.594. The number of urea groups is 1. The summed E-state index contributed by atoms with van der Waals surface area (Å²) in [6, 6.07) is -0.896. The van der Waals surface area contributed by atoms with Gasteiger partial charge in [0.05, 0.1) is 11.7 Å². The van der Waals surface area contributed by atoms with Crippen molar-refractivity contribution in [3.05, 3.63) is 17.0 Å². The van der Waals surface area contributed by atoms with Crippen LogP contribution in [0.5, 0.6) is 0 Å². The highest BCUT2D eigenvalue weighted by molar-refractivity contribution is 6.28. The summed E-state index contributed by atoms with van der Waals surface area (Å²) in [6.45, 7) is 5.32. The number of amides is 3. The van der Waals surface area contributed by atoms with E-state index < -0.39 is 11.9 Å². The fourth-order valence-electron chi connectivity index (χ4n) is 1.57. The van der Waals surface area contributed by atoms with E-state index in [0.29, 0.717) is 11.5 Å². The summed E-state index contributed by atoms with van der Waals surface area (Å²) in [5.41, 5.74) is 1.51. The summed E-state index contributed by atoms with van der Waals surface area (Å²) in [5.74, 6) is -0.165. The molecule has 0 aromatic carbocycles. The van der Waals surface area contributed by atoms with Gasteiger partial charge in [0.2, 0.25) is 5.91 Å². The number of hydrogen-bond donors (Lipinski definition) is 2. The third-order valence-electron chi connectivity index (χ3n) is 2.24. The molecule has 1 heterocycles. The molecule has 3 amide bonds. The van der Waals surface area contributed by atoms with Gasteiger partial charge in [-0.3, -0.25) is 10.1 Å². The maximum absolute atomic E-state index is 11.4. The first-order valence-corrected chi connectivity index (χ1v) is 5.58. The van der Waals surface area contributed by atoms with Gasteiger partial charge in [0, 0.05) is 5.56 Å². The minimum Gasteiger partial charge on any atom is -0.361 e. The number of nitrogens with one attached hydrogen (secondary N) is 2. The van der Waals surface area contributed by atoms with Crippen LogP contribution in [0.2, 0.25) is 0 Å². The predicted octanol–water partition coefficient (Wildman–Crippen LogP) is 1.42. The fourth-order valence-corrected chi connectivity index (χ4v) is 1.64. The first-order valence-electron chi connectivity index (χ1n) is 5.04. The Bertz CT molecular complexity index is 411.